The summed E-state index contributed by atoms with van der Waals surface area (Å²) in [6, 6.07) is 34.8. The maximum absolute atomic E-state index is 13.5. The predicted molar refractivity (Wildman–Crippen MR) is 138 cm³/mol. The molecule has 0 atom stereocenters. The number of carbonyl (C=O) groups excluding carboxylic acids is 1. The van der Waals surface area contributed by atoms with Crippen LogP contribution in [-0.4, -0.2) is 10.9 Å². The van der Waals surface area contributed by atoms with Crippen LogP contribution in [0.4, 0.5) is 5.13 Å². The van der Waals surface area contributed by atoms with Gasteiger partial charge in [0.15, 0.2) is 5.13 Å². The first kappa shape index (κ1) is 21.1. The summed E-state index contributed by atoms with van der Waals surface area (Å²) in [6.45, 7) is 2.57. The molecular formula is C29H24N2OS. The van der Waals surface area contributed by atoms with Gasteiger partial charge in [0.05, 0.1) is 23.2 Å². The molecule has 0 N–H and O–H groups in total. The molecule has 0 unspecified atom stereocenters. The number of hydrogen-bond donors (Lipinski definition) is 0. The van der Waals surface area contributed by atoms with E-state index in [1.807, 2.05) is 71.6 Å². The van der Waals surface area contributed by atoms with Crippen molar-refractivity contribution in [2.75, 3.05) is 4.90 Å². The fourth-order valence-electron chi connectivity index (χ4n) is 3.88. The summed E-state index contributed by atoms with van der Waals surface area (Å²) in [5.41, 5.74) is 6.52. The van der Waals surface area contributed by atoms with Crippen LogP contribution in [0.3, 0.4) is 0 Å². The third-order valence-electron chi connectivity index (χ3n) is 5.66. The maximum Gasteiger partial charge on any atom is 0.233 e. The van der Waals surface area contributed by atoms with Crippen LogP contribution in [0.25, 0.3) is 21.3 Å². The molecule has 0 radical (unpaired) electrons. The predicted octanol–water partition coefficient (Wildman–Crippen LogP) is 7.05. The molecule has 4 heteroatoms. The molecular weight excluding hydrogens is 424 g/mol. The van der Waals surface area contributed by atoms with Crippen molar-refractivity contribution < 1.29 is 4.79 Å². The first-order chi connectivity index (χ1) is 16.2. The van der Waals surface area contributed by atoms with E-state index in [-0.39, 0.29) is 5.91 Å². The fraction of sp³-hybridized carbons (Fsp3) is 0.103. The second-order valence-corrected chi connectivity index (χ2v) is 9.18. The minimum Gasteiger partial charge on any atom is -0.283 e. The normalized spacial score (nSPS) is 10.9. The lowest BCUT2D eigenvalue weighted by atomic mass is 10.0. The molecule has 0 spiro atoms. The van der Waals surface area contributed by atoms with Gasteiger partial charge < -0.3 is 0 Å². The highest BCUT2D eigenvalue weighted by molar-refractivity contribution is 7.22. The van der Waals surface area contributed by atoms with Crippen LogP contribution in [0.1, 0.15) is 16.7 Å². The molecule has 5 rings (SSSR count). The van der Waals surface area contributed by atoms with Gasteiger partial charge in [-0.25, -0.2) is 4.98 Å². The van der Waals surface area contributed by atoms with E-state index < -0.39 is 0 Å². The molecule has 0 aliphatic rings. The quantitative estimate of drug-likeness (QED) is 0.279. The number of aromatic nitrogens is 1. The molecule has 1 amide bonds. The van der Waals surface area contributed by atoms with Gasteiger partial charge in [0.25, 0.3) is 0 Å². The summed E-state index contributed by atoms with van der Waals surface area (Å²) in [7, 11) is 0. The zero-order chi connectivity index (χ0) is 22.6. The van der Waals surface area contributed by atoms with Crippen molar-refractivity contribution in [3.63, 3.8) is 0 Å². The van der Waals surface area contributed by atoms with E-state index in [2.05, 4.69) is 43.3 Å². The fourth-order valence-corrected chi connectivity index (χ4v) is 4.96. The Bertz CT molecular complexity index is 1380. The third kappa shape index (κ3) is 4.86. The van der Waals surface area contributed by atoms with Crippen LogP contribution in [0.5, 0.6) is 0 Å². The number of carbonyl (C=O) groups is 1. The zero-order valence-corrected chi connectivity index (χ0v) is 19.3. The lowest BCUT2D eigenvalue weighted by molar-refractivity contribution is -0.118. The highest BCUT2D eigenvalue weighted by Crippen LogP contribution is 2.31. The molecule has 1 aromatic heterocycles. The molecule has 33 heavy (non-hydrogen) atoms. The number of benzene rings is 4. The number of amides is 1. The highest BCUT2D eigenvalue weighted by atomic mass is 32.1. The topological polar surface area (TPSA) is 33.2 Å². The molecule has 162 valence electrons. The molecule has 0 saturated carbocycles. The second kappa shape index (κ2) is 9.39. The van der Waals surface area contributed by atoms with Gasteiger partial charge in [-0.05, 0) is 46.9 Å². The Kier molecular flexibility index (Phi) is 6.01. The van der Waals surface area contributed by atoms with Crippen LogP contribution in [-0.2, 0) is 17.8 Å². The van der Waals surface area contributed by atoms with Gasteiger partial charge in [-0.3, -0.25) is 9.69 Å². The van der Waals surface area contributed by atoms with E-state index in [4.69, 9.17) is 4.98 Å². The molecule has 0 bridgehead atoms. The van der Waals surface area contributed by atoms with Crippen LogP contribution in [0, 0.1) is 6.92 Å². The number of rotatable bonds is 6. The summed E-state index contributed by atoms with van der Waals surface area (Å²) in [4.78, 5) is 20.1. The van der Waals surface area contributed by atoms with Crippen LogP contribution in [0.15, 0.2) is 103 Å². The molecule has 3 nitrogen and oxygen atoms in total. The van der Waals surface area contributed by atoms with Gasteiger partial charge in [-0.2, -0.15) is 0 Å². The summed E-state index contributed by atoms with van der Waals surface area (Å²) >= 11 is 1.57. The number of aryl methyl sites for hydroxylation is 1. The van der Waals surface area contributed by atoms with Crippen molar-refractivity contribution >= 4 is 32.6 Å². The van der Waals surface area contributed by atoms with Crippen molar-refractivity contribution in [2.45, 2.75) is 19.9 Å². The van der Waals surface area contributed by atoms with Gasteiger partial charge >= 0.3 is 0 Å². The lowest BCUT2D eigenvalue weighted by Crippen LogP contribution is -2.31. The Morgan fingerprint density at radius 3 is 2.18 bits per heavy atom. The average Bonchev–Trinajstić information content (AvgIpc) is 3.27. The largest absolute Gasteiger partial charge is 0.283 e. The Morgan fingerprint density at radius 1 is 0.788 bits per heavy atom. The number of anilines is 1. The van der Waals surface area contributed by atoms with E-state index in [1.54, 1.807) is 11.3 Å². The van der Waals surface area contributed by atoms with E-state index in [1.165, 1.54) is 11.1 Å². The highest BCUT2D eigenvalue weighted by Gasteiger charge is 2.20. The Labute approximate surface area is 198 Å². The molecule has 0 aliphatic heterocycles. The SMILES string of the molecule is Cc1ccc2nc(N(Cc3ccccc3)C(=O)Cc3ccc(-c4ccccc4)cc3)sc2c1. The van der Waals surface area contributed by atoms with Gasteiger partial charge in [0, 0.05) is 0 Å². The van der Waals surface area contributed by atoms with Gasteiger partial charge in [-0.15, -0.1) is 0 Å². The molecule has 0 aliphatic carbocycles. The summed E-state index contributed by atoms with van der Waals surface area (Å²) in [6.07, 6.45) is 0.330. The van der Waals surface area contributed by atoms with Gasteiger partial charge in [-0.1, -0.05) is 102 Å². The third-order valence-corrected chi connectivity index (χ3v) is 6.71. The molecule has 0 fully saturated rings. The standard InChI is InChI=1S/C29H24N2OS/c1-21-12-17-26-27(18-21)33-29(30-26)31(20-23-8-4-2-5-9-23)28(32)19-22-13-15-25(16-14-22)24-10-6-3-7-11-24/h2-18H,19-20H2,1H3. The zero-order valence-electron chi connectivity index (χ0n) is 18.4. The molecule has 0 saturated heterocycles. The number of hydrogen-bond acceptors (Lipinski definition) is 3. The molecule has 1 heterocycles. The minimum absolute atomic E-state index is 0.0436. The van der Waals surface area contributed by atoms with Gasteiger partial charge in [0.2, 0.25) is 5.91 Å². The van der Waals surface area contributed by atoms with Gasteiger partial charge in [0.1, 0.15) is 0 Å². The maximum atomic E-state index is 13.5. The van der Waals surface area contributed by atoms with Crippen molar-refractivity contribution in [3.05, 3.63) is 120 Å². The number of thiazole rings is 1. The summed E-state index contributed by atoms with van der Waals surface area (Å²) < 4.78 is 1.10. The molecule has 5 aromatic rings. The monoisotopic (exact) mass is 448 g/mol. The van der Waals surface area contributed by atoms with Crippen LogP contribution in [0.2, 0.25) is 0 Å². The van der Waals surface area contributed by atoms with Crippen LogP contribution < -0.4 is 4.90 Å². The van der Waals surface area contributed by atoms with Crippen molar-refractivity contribution in [1.29, 1.82) is 0 Å². The minimum atomic E-state index is 0.0436. The van der Waals surface area contributed by atoms with E-state index >= 15 is 0 Å². The summed E-state index contributed by atoms with van der Waals surface area (Å²) in [5, 5.41) is 0.741. The first-order valence-electron chi connectivity index (χ1n) is 11.0. The Balaban J connectivity index is 1.42. The van der Waals surface area contributed by atoms with Crippen molar-refractivity contribution in [3.8, 4) is 11.1 Å². The smallest absolute Gasteiger partial charge is 0.233 e. The Hall–Kier alpha value is -3.76. The van der Waals surface area contributed by atoms with Crippen molar-refractivity contribution in [2.24, 2.45) is 0 Å². The summed E-state index contributed by atoms with van der Waals surface area (Å²) in [5.74, 6) is 0.0436. The van der Waals surface area contributed by atoms with E-state index in [9.17, 15) is 4.79 Å². The average molecular weight is 449 g/mol. The number of nitrogens with zero attached hydrogens (tertiary/aromatic N) is 2. The van der Waals surface area contributed by atoms with Crippen molar-refractivity contribution in [1.82, 2.24) is 4.98 Å². The first-order valence-corrected chi connectivity index (χ1v) is 11.8. The second-order valence-electron chi connectivity index (χ2n) is 8.17. The Morgan fingerprint density at radius 2 is 1.45 bits per heavy atom. The van der Waals surface area contributed by atoms with E-state index in [0.29, 0.717) is 13.0 Å². The van der Waals surface area contributed by atoms with Crippen LogP contribution >= 0.6 is 11.3 Å². The molecule has 4 aromatic carbocycles. The van der Waals surface area contributed by atoms with E-state index in [0.717, 1.165) is 32.0 Å². The lowest BCUT2D eigenvalue weighted by Gasteiger charge is -2.20. The number of fused-ring (bicyclic) bond motifs is 1.